The van der Waals surface area contributed by atoms with E-state index >= 15 is 0 Å². The zero-order chi connectivity index (χ0) is 7.78. The van der Waals surface area contributed by atoms with Gasteiger partial charge < -0.3 is 0 Å². The van der Waals surface area contributed by atoms with Crippen molar-refractivity contribution in [3.05, 3.63) is 6.42 Å². The van der Waals surface area contributed by atoms with Gasteiger partial charge in [-0.15, -0.1) is 0 Å². The zero-order valence-corrected chi connectivity index (χ0v) is 5.18. The first-order chi connectivity index (χ1) is 4.52. The minimum atomic E-state index is -4.26. The van der Waals surface area contributed by atoms with Crippen LogP contribution in [-0.2, 0) is 0 Å². The largest absolute Gasteiger partial charge is 0.411 e. The second kappa shape index (κ2) is 2.14. The minimum absolute atomic E-state index is 0.819. The molecule has 0 fully saturated rings. The maximum Gasteiger partial charge on any atom is 0.411 e. The fourth-order valence-electron chi connectivity index (χ4n) is 0.676. The van der Waals surface area contributed by atoms with E-state index in [2.05, 4.69) is 11.5 Å². The summed E-state index contributed by atoms with van der Waals surface area (Å²) in [5.74, 6) is 0. The summed E-state index contributed by atoms with van der Waals surface area (Å²) in [5, 5.41) is 4.18. The van der Waals surface area contributed by atoms with Crippen molar-refractivity contribution in [3.63, 3.8) is 0 Å². The van der Waals surface area contributed by atoms with Gasteiger partial charge in [-0.1, -0.05) is 0 Å². The van der Waals surface area contributed by atoms with Crippen molar-refractivity contribution < 1.29 is 13.2 Å². The van der Waals surface area contributed by atoms with Gasteiger partial charge in [-0.3, -0.25) is 5.01 Å². The molecular formula is C5H5F3N2. The summed E-state index contributed by atoms with van der Waals surface area (Å²) in [5.41, 5.74) is 0. The first kappa shape index (κ1) is 7.37. The van der Waals surface area contributed by atoms with Crippen LogP contribution in [0.5, 0.6) is 0 Å². The SMILES string of the molecule is CN1N=C[C]C1C(F)(F)F. The lowest BCUT2D eigenvalue weighted by atomic mass is 10.2. The summed E-state index contributed by atoms with van der Waals surface area (Å²) >= 11 is 0. The van der Waals surface area contributed by atoms with Gasteiger partial charge in [0.1, 0.15) is 0 Å². The van der Waals surface area contributed by atoms with Crippen molar-refractivity contribution in [2.45, 2.75) is 12.2 Å². The lowest BCUT2D eigenvalue weighted by Crippen LogP contribution is -2.37. The monoisotopic (exact) mass is 150 g/mol. The van der Waals surface area contributed by atoms with E-state index in [-0.39, 0.29) is 0 Å². The average Bonchev–Trinajstić information content (AvgIpc) is 2.11. The number of hydrogen-bond donors (Lipinski definition) is 0. The quantitative estimate of drug-likeness (QED) is 0.501. The number of hydrazone groups is 1. The Morgan fingerprint density at radius 3 is 2.40 bits per heavy atom. The highest BCUT2D eigenvalue weighted by atomic mass is 19.4. The van der Waals surface area contributed by atoms with Crippen LogP contribution in [0.15, 0.2) is 5.10 Å². The Kier molecular flexibility index (Phi) is 1.58. The predicted octanol–water partition coefficient (Wildman–Crippen LogP) is 0.930. The van der Waals surface area contributed by atoms with Gasteiger partial charge in [0.05, 0.1) is 6.42 Å². The standard InChI is InChI=1S/C5H5F3N2/c1-10-4(2-3-9-10)5(6,7)8/h3-4H,1H3. The molecule has 0 aromatic heterocycles. The molecule has 56 valence electrons. The van der Waals surface area contributed by atoms with Crippen LogP contribution < -0.4 is 0 Å². The fraction of sp³-hybridized carbons (Fsp3) is 0.600. The topological polar surface area (TPSA) is 15.6 Å². The van der Waals surface area contributed by atoms with Crippen molar-refractivity contribution in [2.75, 3.05) is 7.05 Å². The minimum Gasteiger partial charge on any atom is -0.287 e. The van der Waals surface area contributed by atoms with E-state index < -0.39 is 12.2 Å². The van der Waals surface area contributed by atoms with Crippen molar-refractivity contribution in [1.29, 1.82) is 0 Å². The van der Waals surface area contributed by atoms with Gasteiger partial charge >= 0.3 is 6.18 Å². The molecule has 0 amide bonds. The zero-order valence-electron chi connectivity index (χ0n) is 5.18. The van der Waals surface area contributed by atoms with E-state index in [0.29, 0.717) is 0 Å². The van der Waals surface area contributed by atoms with Crippen molar-refractivity contribution in [2.24, 2.45) is 5.10 Å². The normalized spacial score (nSPS) is 26.0. The maximum absolute atomic E-state index is 11.8. The third-order valence-corrected chi connectivity index (χ3v) is 1.16. The van der Waals surface area contributed by atoms with Gasteiger partial charge in [0.2, 0.25) is 0 Å². The van der Waals surface area contributed by atoms with E-state index in [0.717, 1.165) is 11.2 Å². The highest BCUT2D eigenvalue weighted by molar-refractivity contribution is 5.71. The van der Waals surface area contributed by atoms with Gasteiger partial charge in [-0.2, -0.15) is 18.3 Å². The van der Waals surface area contributed by atoms with E-state index in [4.69, 9.17) is 0 Å². The first-order valence-corrected chi connectivity index (χ1v) is 2.60. The Hall–Kier alpha value is -0.740. The number of hydrogen-bond acceptors (Lipinski definition) is 2. The summed E-state index contributed by atoms with van der Waals surface area (Å²) in [6.07, 6.45) is -1.18. The Morgan fingerprint density at radius 2 is 2.20 bits per heavy atom. The molecule has 0 spiro atoms. The second-order valence-corrected chi connectivity index (χ2v) is 1.93. The molecule has 0 N–H and O–H groups in total. The lowest BCUT2D eigenvalue weighted by Gasteiger charge is -2.20. The molecule has 0 saturated heterocycles. The molecule has 0 aliphatic carbocycles. The van der Waals surface area contributed by atoms with E-state index in [1.54, 1.807) is 0 Å². The van der Waals surface area contributed by atoms with E-state index in [1.165, 1.54) is 7.05 Å². The Bertz CT molecular complexity index is 151. The Balaban J connectivity index is 2.60. The summed E-state index contributed by atoms with van der Waals surface area (Å²) in [6.45, 7) is 0. The van der Waals surface area contributed by atoms with Gasteiger partial charge in [0, 0.05) is 13.3 Å². The summed E-state index contributed by atoms with van der Waals surface area (Å²) < 4.78 is 35.5. The Labute approximate surface area is 56.3 Å². The van der Waals surface area contributed by atoms with Crippen molar-refractivity contribution in [3.8, 4) is 0 Å². The molecule has 1 aliphatic heterocycles. The molecule has 0 aromatic rings. The molecule has 0 bridgehead atoms. The molecule has 10 heavy (non-hydrogen) atoms. The van der Waals surface area contributed by atoms with Crippen LogP contribution in [-0.4, -0.2) is 30.5 Å². The third-order valence-electron chi connectivity index (χ3n) is 1.16. The third kappa shape index (κ3) is 1.22. The van der Waals surface area contributed by atoms with Crippen LogP contribution in [0.2, 0.25) is 0 Å². The molecule has 1 rings (SSSR count). The van der Waals surface area contributed by atoms with Gasteiger partial charge in [-0.25, -0.2) is 0 Å². The van der Waals surface area contributed by atoms with Crippen molar-refractivity contribution in [1.82, 2.24) is 5.01 Å². The highest BCUT2D eigenvalue weighted by Crippen LogP contribution is 2.27. The van der Waals surface area contributed by atoms with E-state index in [1.807, 2.05) is 0 Å². The molecule has 1 aliphatic rings. The first-order valence-electron chi connectivity index (χ1n) is 2.60. The molecule has 1 heterocycles. The van der Waals surface area contributed by atoms with Gasteiger partial charge in [-0.05, 0) is 0 Å². The molecule has 1 unspecified atom stereocenters. The van der Waals surface area contributed by atoms with E-state index in [9.17, 15) is 13.2 Å². The summed E-state index contributed by atoms with van der Waals surface area (Å²) in [4.78, 5) is 0. The van der Waals surface area contributed by atoms with Crippen LogP contribution in [0.4, 0.5) is 13.2 Å². The molecular weight excluding hydrogens is 145 g/mol. The van der Waals surface area contributed by atoms with Crippen LogP contribution in [0.1, 0.15) is 0 Å². The summed E-state index contributed by atoms with van der Waals surface area (Å²) in [6, 6.07) is -1.66. The van der Waals surface area contributed by atoms with Gasteiger partial charge in [0.15, 0.2) is 6.04 Å². The number of nitrogens with zero attached hydrogens (tertiary/aromatic N) is 2. The molecule has 5 heteroatoms. The highest BCUT2D eigenvalue weighted by Gasteiger charge is 2.44. The summed E-state index contributed by atoms with van der Waals surface area (Å²) in [7, 11) is 1.26. The van der Waals surface area contributed by atoms with Gasteiger partial charge in [0.25, 0.3) is 0 Å². The smallest absolute Gasteiger partial charge is 0.287 e. The van der Waals surface area contributed by atoms with Crippen LogP contribution in [0.3, 0.4) is 0 Å². The van der Waals surface area contributed by atoms with Crippen molar-refractivity contribution >= 4 is 6.21 Å². The number of halogens is 3. The lowest BCUT2D eigenvalue weighted by molar-refractivity contribution is -0.166. The van der Waals surface area contributed by atoms with Crippen LogP contribution >= 0.6 is 0 Å². The fourth-order valence-corrected chi connectivity index (χ4v) is 0.676. The molecule has 0 saturated carbocycles. The molecule has 0 aromatic carbocycles. The Morgan fingerprint density at radius 1 is 1.60 bits per heavy atom. The molecule has 1 atom stereocenters. The average molecular weight is 150 g/mol. The second-order valence-electron chi connectivity index (χ2n) is 1.93. The number of rotatable bonds is 0. The molecule has 2 nitrogen and oxygen atoms in total. The maximum atomic E-state index is 11.8. The molecule has 2 radical (unpaired) electrons. The number of alkyl halides is 3. The predicted molar refractivity (Wildman–Crippen MR) is 29.3 cm³/mol. The van der Waals surface area contributed by atoms with Crippen LogP contribution in [0.25, 0.3) is 0 Å². The van der Waals surface area contributed by atoms with Crippen LogP contribution in [0, 0.1) is 6.42 Å².